The second-order valence-corrected chi connectivity index (χ2v) is 6.00. The van der Waals surface area contributed by atoms with Gasteiger partial charge in [0.25, 0.3) is 0 Å². The minimum atomic E-state index is -1.81. The fraction of sp³-hybridized carbons (Fsp3) is 1.00. The quantitative estimate of drug-likeness (QED) is 0.345. The summed E-state index contributed by atoms with van der Waals surface area (Å²) in [7, 11) is -1.81. The normalized spacial score (nSPS) is 9.33. The molecule has 0 heterocycles. The highest BCUT2D eigenvalue weighted by atomic mass is 32.7. The number of hydrogen-bond acceptors (Lipinski definition) is 6. The number of aliphatic hydroxyl groups excluding tert-OH is 1. The van der Waals surface area contributed by atoms with Crippen LogP contribution in [0.25, 0.3) is 0 Å². The molecule has 0 aliphatic carbocycles. The molecule has 0 aromatic heterocycles. The molecule has 0 aliphatic heterocycles. The highest BCUT2D eigenvalue weighted by Crippen LogP contribution is 2.40. The third-order valence-electron chi connectivity index (χ3n) is 1.51. The summed E-state index contributed by atoms with van der Waals surface area (Å²) in [5.74, 6) is 0.620. The minimum absolute atomic E-state index is 0.121. The zero-order chi connectivity index (χ0) is 14.6. The molecule has 0 radical (unpaired) electrons. The summed E-state index contributed by atoms with van der Waals surface area (Å²) in [5.41, 5.74) is 0. The van der Waals surface area contributed by atoms with Crippen molar-refractivity contribution in [2.24, 2.45) is 0 Å². The van der Waals surface area contributed by atoms with Crippen LogP contribution in [0.5, 0.6) is 0 Å². The Morgan fingerprint density at radius 2 is 1.28 bits per heavy atom. The second-order valence-electron chi connectivity index (χ2n) is 3.08. The van der Waals surface area contributed by atoms with Gasteiger partial charge in [-0.25, -0.2) is 0 Å². The van der Waals surface area contributed by atoms with E-state index in [1.165, 1.54) is 0 Å². The first kappa shape index (κ1) is 23.7. The molecule has 0 aromatic carbocycles. The van der Waals surface area contributed by atoms with Crippen molar-refractivity contribution in [2.75, 3.05) is 38.5 Å². The summed E-state index contributed by atoms with van der Waals surface area (Å²) in [4.78, 5) is 16.6. The van der Waals surface area contributed by atoms with E-state index in [-0.39, 0.29) is 6.61 Å². The first-order valence-corrected chi connectivity index (χ1v) is 9.27. The van der Waals surface area contributed by atoms with E-state index in [0.717, 1.165) is 37.6 Å². The largest absolute Gasteiger partial charge is 0.396 e. The molecule has 0 bridgehead atoms. The molecule has 0 unspecified atom stereocenters. The maximum Gasteiger partial charge on any atom is 0.232 e. The predicted octanol–water partition coefficient (Wildman–Crippen LogP) is 1.55. The Morgan fingerprint density at radius 1 is 0.889 bits per heavy atom. The van der Waals surface area contributed by atoms with Gasteiger partial charge >= 0.3 is 0 Å². The SMILES string of the molecule is CCNCC.CCNCC.OCCCSP(O)O. The maximum absolute atomic E-state index is 8.28. The van der Waals surface area contributed by atoms with Crippen LogP contribution in [0.15, 0.2) is 0 Å². The van der Waals surface area contributed by atoms with Crippen LogP contribution < -0.4 is 10.6 Å². The van der Waals surface area contributed by atoms with E-state index in [1.54, 1.807) is 0 Å². The predicted molar refractivity (Wildman–Crippen MR) is 84.0 cm³/mol. The smallest absolute Gasteiger partial charge is 0.232 e. The van der Waals surface area contributed by atoms with Gasteiger partial charge in [0.05, 0.1) is 0 Å². The second kappa shape index (κ2) is 26.2. The molecule has 0 aliphatic rings. The van der Waals surface area contributed by atoms with Crippen molar-refractivity contribution < 1.29 is 14.9 Å². The Morgan fingerprint density at radius 3 is 1.44 bits per heavy atom. The first-order chi connectivity index (χ1) is 8.60. The van der Waals surface area contributed by atoms with E-state index in [9.17, 15) is 0 Å². The molecule has 0 amide bonds. The van der Waals surface area contributed by atoms with Crippen molar-refractivity contribution in [1.82, 2.24) is 10.6 Å². The van der Waals surface area contributed by atoms with Gasteiger partial charge in [-0.3, -0.25) is 0 Å². The Balaban J connectivity index is -0.000000197. The monoisotopic (exact) mass is 302 g/mol. The summed E-state index contributed by atoms with van der Waals surface area (Å²) in [6.45, 7) is 12.9. The van der Waals surface area contributed by atoms with Gasteiger partial charge in [-0.2, -0.15) is 0 Å². The third-order valence-corrected chi connectivity index (χ3v) is 3.45. The van der Waals surface area contributed by atoms with Gasteiger partial charge in [-0.15, -0.1) is 0 Å². The fourth-order valence-electron chi connectivity index (χ4n) is 0.711. The molecule has 0 fully saturated rings. The highest BCUT2D eigenvalue weighted by Gasteiger charge is 1.96. The molecule has 18 heavy (non-hydrogen) atoms. The summed E-state index contributed by atoms with van der Waals surface area (Å²) in [5, 5.41) is 14.4. The first-order valence-electron chi connectivity index (χ1n) is 6.43. The van der Waals surface area contributed by atoms with E-state index in [2.05, 4.69) is 38.3 Å². The van der Waals surface area contributed by atoms with Crippen molar-refractivity contribution in [3.63, 3.8) is 0 Å². The Hall–Kier alpha value is 0.580. The van der Waals surface area contributed by atoms with E-state index in [0.29, 0.717) is 12.2 Å². The molecule has 0 atom stereocenters. The van der Waals surface area contributed by atoms with Crippen LogP contribution in [-0.4, -0.2) is 53.4 Å². The fourth-order valence-corrected chi connectivity index (χ4v) is 2.01. The topological polar surface area (TPSA) is 84.8 Å². The zero-order valence-corrected chi connectivity index (χ0v) is 13.9. The van der Waals surface area contributed by atoms with Crippen LogP contribution >= 0.6 is 19.0 Å². The Labute approximate surface area is 117 Å². The van der Waals surface area contributed by atoms with Crippen LogP contribution in [0.4, 0.5) is 0 Å². The van der Waals surface area contributed by atoms with Gasteiger partial charge in [0.2, 0.25) is 7.58 Å². The molecule has 0 saturated carbocycles. The number of nitrogens with one attached hydrogen (secondary N) is 2. The minimum Gasteiger partial charge on any atom is -0.396 e. The molecule has 0 saturated heterocycles. The van der Waals surface area contributed by atoms with E-state index >= 15 is 0 Å². The average Bonchev–Trinajstić information content (AvgIpc) is 2.33. The molecule has 7 heteroatoms. The van der Waals surface area contributed by atoms with E-state index in [4.69, 9.17) is 14.9 Å². The lowest BCUT2D eigenvalue weighted by molar-refractivity contribution is 0.296. The highest BCUT2D eigenvalue weighted by molar-refractivity contribution is 8.52. The summed E-state index contributed by atoms with van der Waals surface area (Å²) in [6, 6.07) is 0. The van der Waals surface area contributed by atoms with Gasteiger partial charge in [-0.1, -0.05) is 39.1 Å². The Kier molecular flexibility index (Phi) is 34.4. The molecular weight excluding hydrogens is 271 g/mol. The summed E-state index contributed by atoms with van der Waals surface area (Å²) >= 11 is 1.07. The summed E-state index contributed by atoms with van der Waals surface area (Å²) < 4.78 is 0. The van der Waals surface area contributed by atoms with Crippen molar-refractivity contribution in [3.8, 4) is 0 Å². The lowest BCUT2D eigenvalue weighted by Crippen LogP contribution is -2.09. The van der Waals surface area contributed by atoms with Gasteiger partial charge < -0.3 is 25.5 Å². The van der Waals surface area contributed by atoms with E-state index in [1.807, 2.05) is 0 Å². The molecule has 114 valence electrons. The number of aliphatic hydroxyl groups is 1. The van der Waals surface area contributed by atoms with Crippen LogP contribution in [0.1, 0.15) is 34.1 Å². The molecule has 0 rings (SSSR count). The molecule has 0 aromatic rings. The maximum atomic E-state index is 8.28. The van der Waals surface area contributed by atoms with Crippen molar-refractivity contribution in [1.29, 1.82) is 0 Å². The van der Waals surface area contributed by atoms with Gasteiger partial charge in [-0.05, 0) is 32.6 Å². The van der Waals surface area contributed by atoms with Crippen LogP contribution in [0.3, 0.4) is 0 Å². The average molecular weight is 302 g/mol. The van der Waals surface area contributed by atoms with Crippen molar-refractivity contribution in [3.05, 3.63) is 0 Å². The van der Waals surface area contributed by atoms with Crippen LogP contribution in [-0.2, 0) is 0 Å². The van der Waals surface area contributed by atoms with Gasteiger partial charge in [0.15, 0.2) is 0 Å². The molecular formula is C11H31N2O3PS. The van der Waals surface area contributed by atoms with Gasteiger partial charge in [0.1, 0.15) is 0 Å². The lowest BCUT2D eigenvalue weighted by Gasteiger charge is -1.97. The summed E-state index contributed by atoms with van der Waals surface area (Å²) in [6.07, 6.45) is 0.630. The number of hydrogen-bond donors (Lipinski definition) is 5. The lowest BCUT2D eigenvalue weighted by atomic mass is 10.5. The molecule has 5 N–H and O–H groups in total. The molecule has 5 nitrogen and oxygen atoms in total. The zero-order valence-electron chi connectivity index (χ0n) is 12.1. The van der Waals surface area contributed by atoms with Crippen molar-refractivity contribution in [2.45, 2.75) is 34.1 Å². The van der Waals surface area contributed by atoms with Crippen LogP contribution in [0, 0.1) is 0 Å². The Bertz CT molecular complexity index is 114. The van der Waals surface area contributed by atoms with Gasteiger partial charge in [0, 0.05) is 12.4 Å². The number of rotatable bonds is 8. The third kappa shape index (κ3) is 43.9. The van der Waals surface area contributed by atoms with Crippen LogP contribution in [0.2, 0.25) is 0 Å². The van der Waals surface area contributed by atoms with Crippen molar-refractivity contribution >= 4 is 19.0 Å². The standard InChI is InChI=1S/2C4H11N.C3H9O3PS/c2*1-3-5-4-2;4-2-1-3-8-7(5)6/h2*5H,3-4H2,1-2H3;4-6H,1-3H2. The molecule has 0 spiro atoms. The van der Waals surface area contributed by atoms with E-state index < -0.39 is 7.58 Å².